The van der Waals surface area contributed by atoms with E-state index in [0.29, 0.717) is 30.3 Å². The third kappa shape index (κ3) is 3.36. The highest BCUT2D eigenvalue weighted by Crippen LogP contribution is 2.13. The Morgan fingerprint density at radius 1 is 1.47 bits per heavy atom. The van der Waals surface area contributed by atoms with Gasteiger partial charge >= 0.3 is 5.97 Å². The van der Waals surface area contributed by atoms with Gasteiger partial charge < -0.3 is 10.4 Å². The van der Waals surface area contributed by atoms with Crippen molar-refractivity contribution in [2.75, 3.05) is 11.9 Å². The quantitative estimate of drug-likeness (QED) is 0.790. The summed E-state index contributed by atoms with van der Waals surface area (Å²) in [6.45, 7) is 4.33. The van der Waals surface area contributed by atoms with Gasteiger partial charge in [0.25, 0.3) is 0 Å². The Morgan fingerprint density at radius 3 is 2.95 bits per heavy atom. The first-order chi connectivity index (χ1) is 9.06. The minimum Gasteiger partial charge on any atom is -0.481 e. The standard InChI is InChI=1S/C11H16N6O2/c1-7(2)5-8(11(18)19)6-12-9-3-4-10-13-15-16-17(10)14-9/h3-4,7-8H,5-6H2,1-2H3,(H,12,14)(H,18,19). The molecule has 1 atom stereocenters. The summed E-state index contributed by atoms with van der Waals surface area (Å²) < 4.78 is 1.29. The summed E-state index contributed by atoms with van der Waals surface area (Å²) in [4.78, 5) is 11.1. The van der Waals surface area contributed by atoms with Crippen LogP contribution >= 0.6 is 0 Å². The van der Waals surface area contributed by atoms with Crippen molar-refractivity contribution in [2.24, 2.45) is 11.8 Å². The molecule has 2 aromatic heterocycles. The van der Waals surface area contributed by atoms with Crippen LogP contribution in [0, 0.1) is 11.8 Å². The fraction of sp³-hybridized carbons (Fsp3) is 0.545. The number of aromatic nitrogens is 5. The second-order valence-corrected chi connectivity index (χ2v) is 4.79. The first-order valence-electron chi connectivity index (χ1n) is 6.08. The fourth-order valence-corrected chi connectivity index (χ4v) is 1.81. The number of rotatable bonds is 6. The average molecular weight is 264 g/mol. The van der Waals surface area contributed by atoms with Crippen molar-refractivity contribution in [1.29, 1.82) is 0 Å². The molecule has 2 rings (SSSR count). The Kier molecular flexibility index (Phi) is 3.88. The SMILES string of the molecule is CC(C)CC(CNc1ccc2nnnn2n1)C(=O)O. The van der Waals surface area contributed by atoms with E-state index in [1.54, 1.807) is 12.1 Å². The van der Waals surface area contributed by atoms with E-state index < -0.39 is 11.9 Å². The van der Waals surface area contributed by atoms with Crippen molar-refractivity contribution in [3.05, 3.63) is 12.1 Å². The molecule has 0 saturated heterocycles. The summed E-state index contributed by atoms with van der Waals surface area (Å²) >= 11 is 0. The highest BCUT2D eigenvalue weighted by molar-refractivity contribution is 5.70. The number of hydrogen-bond donors (Lipinski definition) is 2. The molecule has 0 aliphatic carbocycles. The maximum absolute atomic E-state index is 11.1. The topological polar surface area (TPSA) is 105 Å². The van der Waals surface area contributed by atoms with Gasteiger partial charge in [-0.05, 0) is 34.9 Å². The molecular formula is C11H16N6O2. The highest BCUT2D eigenvalue weighted by Gasteiger charge is 2.18. The molecular weight excluding hydrogens is 248 g/mol. The molecule has 0 spiro atoms. The second-order valence-electron chi connectivity index (χ2n) is 4.79. The summed E-state index contributed by atoms with van der Waals surface area (Å²) in [5.74, 6) is -0.358. The third-order valence-electron chi connectivity index (χ3n) is 2.70. The largest absolute Gasteiger partial charge is 0.481 e. The lowest BCUT2D eigenvalue weighted by molar-refractivity contribution is -0.141. The molecule has 2 heterocycles. The molecule has 1 unspecified atom stereocenters. The Labute approximate surface area is 109 Å². The predicted octanol–water partition coefficient (Wildman–Crippen LogP) is 0.678. The summed E-state index contributed by atoms with van der Waals surface area (Å²) in [5, 5.41) is 27.2. The van der Waals surface area contributed by atoms with E-state index in [1.807, 2.05) is 13.8 Å². The number of nitrogens with zero attached hydrogens (tertiary/aromatic N) is 5. The van der Waals surface area contributed by atoms with Crippen LogP contribution in [0.4, 0.5) is 5.82 Å². The number of tetrazole rings is 1. The zero-order chi connectivity index (χ0) is 13.8. The van der Waals surface area contributed by atoms with E-state index in [4.69, 9.17) is 5.11 Å². The zero-order valence-electron chi connectivity index (χ0n) is 10.8. The molecule has 0 fully saturated rings. The molecule has 8 heteroatoms. The van der Waals surface area contributed by atoms with Gasteiger partial charge in [0.15, 0.2) is 5.65 Å². The van der Waals surface area contributed by atoms with Crippen LogP contribution in [0.5, 0.6) is 0 Å². The molecule has 0 aliphatic rings. The van der Waals surface area contributed by atoms with E-state index in [2.05, 4.69) is 25.9 Å². The average Bonchev–Trinajstić information content (AvgIpc) is 2.80. The molecule has 2 N–H and O–H groups in total. The van der Waals surface area contributed by atoms with Gasteiger partial charge in [0.1, 0.15) is 5.82 Å². The van der Waals surface area contributed by atoms with Gasteiger partial charge in [-0.15, -0.1) is 14.8 Å². The Balaban J connectivity index is 2.01. The molecule has 0 radical (unpaired) electrons. The third-order valence-corrected chi connectivity index (χ3v) is 2.70. The van der Waals surface area contributed by atoms with Gasteiger partial charge in [-0.1, -0.05) is 13.8 Å². The van der Waals surface area contributed by atoms with Gasteiger partial charge in [0, 0.05) is 6.54 Å². The molecule has 0 bridgehead atoms. The van der Waals surface area contributed by atoms with Gasteiger partial charge in [-0.3, -0.25) is 4.79 Å². The highest BCUT2D eigenvalue weighted by atomic mass is 16.4. The number of nitrogens with one attached hydrogen (secondary N) is 1. The van der Waals surface area contributed by atoms with Crippen LogP contribution in [0.25, 0.3) is 5.65 Å². The molecule has 0 amide bonds. The smallest absolute Gasteiger partial charge is 0.308 e. The minimum atomic E-state index is -0.801. The van der Waals surface area contributed by atoms with Crippen LogP contribution in [0.3, 0.4) is 0 Å². The number of hydrogen-bond acceptors (Lipinski definition) is 6. The summed E-state index contributed by atoms with van der Waals surface area (Å²) in [6, 6.07) is 3.44. The van der Waals surface area contributed by atoms with Gasteiger partial charge in [-0.25, -0.2) is 0 Å². The Bertz CT molecular complexity index is 567. The molecule has 0 aliphatic heterocycles. The number of carboxylic acids is 1. The molecule has 0 aromatic carbocycles. The molecule has 102 valence electrons. The van der Waals surface area contributed by atoms with Crippen molar-refractivity contribution in [3.8, 4) is 0 Å². The molecule has 0 saturated carbocycles. The van der Waals surface area contributed by atoms with Gasteiger partial charge in [0.2, 0.25) is 0 Å². The molecule has 19 heavy (non-hydrogen) atoms. The van der Waals surface area contributed by atoms with Gasteiger partial charge in [0.05, 0.1) is 5.92 Å². The number of anilines is 1. The normalized spacial score (nSPS) is 12.8. The van der Waals surface area contributed by atoms with Crippen LogP contribution in [-0.2, 0) is 4.79 Å². The summed E-state index contributed by atoms with van der Waals surface area (Å²) in [7, 11) is 0. The second kappa shape index (κ2) is 5.59. The maximum atomic E-state index is 11.1. The van der Waals surface area contributed by atoms with E-state index in [9.17, 15) is 4.79 Å². The first-order valence-corrected chi connectivity index (χ1v) is 6.08. The lowest BCUT2D eigenvalue weighted by atomic mass is 9.97. The van der Waals surface area contributed by atoms with Crippen molar-refractivity contribution >= 4 is 17.4 Å². The van der Waals surface area contributed by atoms with E-state index in [-0.39, 0.29) is 0 Å². The van der Waals surface area contributed by atoms with Gasteiger partial charge in [-0.2, -0.15) is 0 Å². The Morgan fingerprint density at radius 2 is 2.26 bits per heavy atom. The van der Waals surface area contributed by atoms with E-state index in [1.165, 1.54) is 4.63 Å². The van der Waals surface area contributed by atoms with Crippen molar-refractivity contribution in [3.63, 3.8) is 0 Å². The van der Waals surface area contributed by atoms with Crippen molar-refractivity contribution in [2.45, 2.75) is 20.3 Å². The summed E-state index contributed by atoms with van der Waals surface area (Å²) in [6.07, 6.45) is 0.620. The number of aliphatic carboxylic acids is 1. The molecule has 8 nitrogen and oxygen atoms in total. The van der Waals surface area contributed by atoms with Crippen LogP contribution < -0.4 is 5.32 Å². The van der Waals surface area contributed by atoms with Crippen LogP contribution in [0.1, 0.15) is 20.3 Å². The van der Waals surface area contributed by atoms with Crippen LogP contribution in [0.2, 0.25) is 0 Å². The lowest BCUT2D eigenvalue weighted by Gasteiger charge is -2.15. The Hall–Kier alpha value is -2.25. The van der Waals surface area contributed by atoms with Crippen molar-refractivity contribution in [1.82, 2.24) is 25.3 Å². The molecule has 2 aromatic rings. The fourth-order valence-electron chi connectivity index (χ4n) is 1.81. The van der Waals surface area contributed by atoms with Crippen molar-refractivity contribution < 1.29 is 9.90 Å². The van der Waals surface area contributed by atoms with E-state index in [0.717, 1.165) is 0 Å². The van der Waals surface area contributed by atoms with E-state index >= 15 is 0 Å². The zero-order valence-corrected chi connectivity index (χ0v) is 10.8. The summed E-state index contributed by atoms with van der Waals surface area (Å²) in [5.41, 5.74) is 0.544. The lowest BCUT2D eigenvalue weighted by Crippen LogP contribution is -2.25. The first kappa shape index (κ1) is 13.2. The van der Waals surface area contributed by atoms with Crippen LogP contribution in [-0.4, -0.2) is 42.9 Å². The van der Waals surface area contributed by atoms with Crippen LogP contribution in [0.15, 0.2) is 12.1 Å². The number of carbonyl (C=O) groups is 1. The monoisotopic (exact) mass is 264 g/mol. The number of fused-ring (bicyclic) bond motifs is 1. The predicted molar refractivity (Wildman–Crippen MR) is 67.6 cm³/mol. The number of carboxylic acid groups (broad SMARTS) is 1. The maximum Gasteiger partial charge on any atom is 0.308 e. The minimum absolute atomic E-state index is 0.328.